The number of hydrogen-bond donors (Lipinski definition) is 4. The van der Waals surface area contributed by atoms with Crippen LogP contribution in [-0.4, -0.2) is 43.2 Å². The Morgan fingerprint density at radius 2 is 1.57 bits per heavy atom. The number of guanidine groups is 1. The molecule has 158 valence electrons. The fourth-order valence-electron chi connectivity index (χ4n) is 2.45. The molecule has 1 atom stereocenters. The second-order valence-electron chi connectivity index (χ2n) is 9.04. The van der Waals surface area contributed by atoms with Gasteiger partial charge in [0.15, 0.2) is 5.96 Å². The van der Waals surface area contributed by atoms with E-state index < -0.39 is 11.5 Å². The van der Waals surface area contributed by atoms with Crippen LogP contribution in [0.25, 0.3) is 0 Å². The van der Waals surface area contributed by atoms with Gasteiger partial charge < -0.3 is 21.1 Å². The SMILES string of the molecule is CCNC(=NCC(O)c1ccc(C(C)(C)C)cc1)NCCNC(=O)C(C)(C)C. The van der Waals surface area contributed by atoms with Crippen LogP contribution in [0.1, 0.15) is 65.7 Å². The molecule has 0 bridgehead atoms. The first-order valence-corrected chi connectivity index (χ1v) is 10.0. The number of aliphatic hydroxyl groups is 1. The number of nitrogens with zero attached hydrogens (tertiary/aromatic N) is 1. The van der Waals surface area contributed by atoms with E-state index >= 15 is 0 Å². The maximum absolute atomic E-state index is 11.9. The highest BCUT2D eigenvalue weighted by Gasteiger charge is 2.20. The third kappa shape index (κ3) is 8.30. The van der Waals surface area contributed by atoms with Gasteiger partial charge in [-0.1, -0.05) is 65.8 Å². The van der Waals surface area contributed by atoms with Crippen molar-refractivity contribution in [1.82, 2.24) is 16.0 Å². The Morgan fingerprint density at radius 3 is 2.07 bits per heavy atom. The third-order valence-corrected chi connectivity index (χ3v) is 4.31. The first-order valence-electron chi connectivity index (χ1n) is 10.0. The summed E-state index contributed by atoms with van der Waals surface area (Å²) in [4.78, 5) is 16.3. The Bertz CT molecular complexity index is 640. The lowest BCUT2D eigenvalue weighted by atomic mass is 9.86. The topological polar surface area (TPSA) is 85.8 Å². The summed E-state index contributed by atoms with van der Waals surface area (Å²) in [5, 5.41) is 19.7. The first-order chi connectivity index (χ1) is 12.9. The second kappa shape index (κ2) is 10.5. The van der Waals surface area contributed by atoms with Gasteiger partial charge >= 0.3 is 0 Å². The molecule has 1 aromatic carbocycles. The lowest BCUT2D eigenvalue weighted by Gasteiger charge is -2.20. The van der Waals surface area contributed by atoms with Gasteiger partial charge in [-0.25, -0.2) is 0 Å². The summed E-state index contributed by atoms with van der Waals surface area (Å²) in [6.07, 6.45) is -0.662. The molecule has 0 heterocycles. The number of amides is 1. The van der Waals surface area contributed by atoms with Crippen LogP contribution in [0.15, 0.2) is 29.3 Å². The van der Waals surface area contributed by atoms with Gasteiger partial charge in [-0.2, -0.15) is 0 Å². The van der Waals surface area contributed by atoms with Crippen LogP contribution in [0.3, 0.4) is 0 Å². The maximum Gasteiger partial charge on any atom is 0.225 e. The number of nitrogens with one attached hydrogen (secondary N) is 3. The molecule has 0 fully saturated rings. The predicted molar refractivity (Wildman–Crippen MR) is 117 cm³/mol. The number of carbonyl (C=O) groups is 1. The van der Waals surface area contributed by atoms with Gasteiger partial charge in [-0.15, -0.1) is 0 Å². The Labute approximate surface area is 170 Å². The van der Waals surface area contributed by atoms with Crippen molar-refractivity contribution in [3.8, 4) is 0 Å². The molecular weight excluding hydrogens is 352 g/mol. The average Bonchev–Trinajstić information content (AvgIpc) is 2.61. The molecule has 0 aromatic heterocycles. The molecule has 0 saturated carbocycles. The van der Waals surface area contributed by atoms with Gasteiger partial charge in [-0.05, 0) is 23.5 Å². The monoisotopic (exact) mass is 390 g/mol. The molecule has 0 radical (unpaired) electrons. The molecule has 1 rings (SSSR count). The van der Waals surface area contributed by atoms with Crippen LogP contribution in [0.5, 0.6) is 0 Å². The molecular formula is C22H38N4O2. The highest BCUT2D eigenvalue weighted by atomic mass is 16.3. The predicted octanol–water partition coefficient (Wildman–Crippen LogP) is 2.73. The summed E-state index contributed by atoms with van der Waals surface area (Å²) in [5.41, 5.74) is 1.78. The van der Waals surface area contributed by atoms with Gasteiger partial charge in [0, 0.05) is 25.0 Å². The van der Waals surface area contributed by atoms with E-state index in [1.165, 1.54) is 5.56 Å². The second-order valence-corrected chi connectivity index (χ2v) is 9.04. The summed E-state index contributed by atoms with van der Waals surface area (Å²) < 4.78 is 0. The van der Waals surface area contributed by atoms with Crippen molar-refractivity contribution in [2.45, 2.75) is 60.0 Å². The minimum atomic E-state index is -0.662. The Balaban J connectivity index is 2.57. The molecule has 0 aliphatic rings. The Hall–Kier alpha value is -2.08. The van der Waals surface area contributed by atoms with Gasteiger partial charge in [-0.3, -0.25) is 9.79 Å². The van der Waals surface area contributed by atoms with Gasteiger partial charge in [0.05, 0.1) is 12.6 Å². The molecule has 28 heavy (non-hydrogen) atoms. The number of benzene rings is 1. The molecule has 6 heteroatoms. The quantitative estimate of drug-likeness (QED) is 0.328. The van der Waals surface area contributed by atoms with Gasteiger partial charge in [0.1, 0.15) is 0 Å². The molecule has 1 aromatic rings. The summed E-state index contributed by atoms with van der Waals surface area (Å²) >= 11 is 0. The maximum atomic E-state index is 11.9. The highest BCUT2D eigenvalue weighted by molar-refractivity contribution is 5.81. The van der Waals surface area contributed by atoms with E-state index in [1.54, 1.807) is 0 Å². The number of aliphatic imine (C=N–C) groups is 1. The molecule has 4 N–H and O–H groups in total. The third-order valence-electron chi connectivity index (χ3n) is 4.31. The summed E-state index contributed by atoms with van der Waals surface area (Å²) in [7, 11) is 0. The average molecular weight is 391 g/mol. The fraction of sp³-hybridized carbons (Fsp3) is 0.636. The zero-order valence-corrected chi connectivity index (χ0v) is 18.5. The van der Waals surface area contributed by atoms with Crippen molar-refractivity contribution >= 4 is 11.9 Å². The van der Waals surface area contributed by atoms with Gasteiger partial charge in [0.25, 0.3) is 0 Å². The number of aliphatic hydroxyl groups excluding tert-OH is 1. The molecule has 0 saturated heterocycles. The van der Waals surface area contributed by atoms with Crippen molar-refractivity contribution in [1.29, 1.82) is 0 Å². The minimum absolute atomic E-state index is 0.0189. The lowest BCUT2D eigenvalue weighted by molar-refractivity contribution is -0.128. The lowest BCUT2D eigenvalue weighted by Crippen LogP contribution is -2.43. The number of hydrogen-bond acceptors (Lipinski definition) is 3. The van der Waals surface area contributed by atoms with Crippen LogP contribution >= 0.6 is 0 Å². The minimum Gasteiger partial charge on any atom is -0.386 e. The number of rotatable bonds is 7. The van der Waals surface area contributed by atoms with Crippen LogP contribution in [0.2, 0.25) is 0 Å². The molecule has 0 aliphatic carbocycles. The van der Waals surface area contributed by atoms with Crippen molar-refractivity contribution in [3.63, 3.8) is 0 Å². The molecule has 0 aliphatic heterocycles. The Kier molecular flexibility index (Phi) is 8.95. The molecule has 1 unspecified atom stereocenters. The highest BCUT2D eigenvalue weighted by Crippen LogP contribution is 2.24. The fourth-order valence-corrected chi connectivity index (χ4v) is 2.45. The van der Waals surface area contributed by atoms with Crippen molar-refractivity contribution in [3.05, 3.63) is 35.4 Å². The number of carbonyl (C=O) groups excluding carboxylic acids is 1. The zero-order chi connectivity index (χ0) is 21.4. The van der Waals surface area contributed by atoms with E-state index in [9.17, 15) is 9.90 Å². The van der Waals surface area contributed by atoms with Crippen molar-refractivity contribution in [2.75, 3.05) is 26.2 Å². The van der Waals surface area contributed by atoms with Crippen LogP contribution < -0.4 is 16.0 Å². The standard InChI is InChI=1S/C22H38N4O2/c1-8-23-20(25-14-13-24-19(28)22(5,6)7)26-15-18(27)16-9-11-17(12-10-16)21(2,3)4/h9-12,18,27H,8,13-15H2,1-7H3,(H,24,28)(H2,23,25,26). The Morgan fingerprint density at radius 1 is 1.00 bits per heavy atom. The van der Waals surface area contributed by atoms with E-state index in [-0.39, 0.29) is 17.9 Å². The largest absolute Gasteiger partial charge is 0.386 e. The van der Waals surface area contributed by atoms with Crippen LogP contribution in [0.4, 0.5) is 0 Å². The summed E-state index contributed by atoms with van der Waals surface area (Å²) in [6.45, 7) is 16.2. The normalized spacial score (nSPS) is 13.8. The van der Waals surface area contributed by atoms with Crippen molar-refractivity contribution in [2.24, 2.45) is 10.4 Å². The molecule has 0 spiro atoms. The van der Waals surface area contributed by atoms with E-state index in [0.717, 1.165) is 12.1 Å². The van der Waals surface area contributed by atoms with Crippen molar-refractivity contribution < 1.29 is 9.90 Å². The van der Waals surface area contributed by atoms with E-state index in [1.807, 2.05) is 39.8 Å². The van der Waals surface area contributed by atoms with E-state index in [0.29, 0.717) is 19.0 Å². The van der Waals surface area contributed by atoms with E-state index in [2.05, 4.69) is 53.8 Å². The summed E-state index contributed by atoms with van der Waals surface area (Å²) in [6, 6.07) is 8.04. The smallest absolute Gasteiger partial charge is 0.225 e. The van der Waals surface area contributed by atoms with Gasteiger partial charge in [0.2, 0.25) is 5.91 Å². The van der Waals surface area contributed by atoms with Crippen LogP contribution in [0, 0.1) is 5.41 Å². The van der Waals surface area contributed by atoms with E-state index in [4.69, 9.17) is 0 Å². The zero-order valence-electron chi connectivity index (χ0n) is 18.5. The molecule has 1 amide bonds. The molecule has 6 nitrogen and oxygen atoms in total. The first kappa shape index (κ1) is 24.0. The van der Waals surface area contributed by atoms with Crippen LogP contribution in [-0.2, 0) is 10.2 Å². The summed E-state index contributed by atoms with van der Waals surface area (Å²) in [5.74, 6) is 0.642.